The largest absolute Gasteiger partial charge is 0.485 e. The molecule has 5 nitrogen and oxygen atoms in total. The summed E-state index contributed by atoms with van der Waals surface area (Å²) in [5, 5.41) is 3.79. The van der Waals surface area contributed by atoms with E-state index in [4.69, 9.17) is 15.0 Å². The quantitative estimate of drug-likeness (QED) is 0.877. The summed E-state index contributed by atoms with van der Waals surface area (Å²) in [7, 11) is 0. The molecular formula is C13H17N3O2. The van der Waals surface area contributed by atoms with Crippen LogP contribution in [-0.2, 0) is 13.2 Å². The van der Waals surface area contributed by atoms with Crippen molar-refractivity contribution in [3.8, 4) is 5.75 Å². The Morgan fingerprint density at radius 1 is 1.33 bits per heavy atom. The molecule has 0 saturated heterocycles. The Bertz CT molecular complexity index is 508. The molecule has 0 amide bonds. The van der Waals surface area contributed by atoms with Gasteiger partial charge in [0.25, 0.3) is 0 Å². The number of para-hydroxylation sites is 1. The molecule has 2 rings (SSSR count). The molecule has 1 aromatic heterocycles. The van der Waals surface area contributed by atoms with Gasteiger partial charge in [0, 0.05) is 0 Å². The number of ether oxygens (including phenoxy) is 1. The lowest BCUT2D eigenvalue weighted by Gasteiger charge is -2.12. The molecule has 0 saturated carbocycles. The third kappa shape index (κ3) is 2.87. The topological polar surface area (TPSA) is 74.2 Å². The molecule has 0 atom stereocenters. The molecule has 0 radical (unpaired) electrons. The molecule has 1 heterocycles. The van der Waals surface area contributed by atoms with Gasteiger partial charge < -0.3 is 15.0 Å². The second-order valence-electron chi connectivity index (χ2n) is 4.29. The van der Waals surface area contributed by atoms with Crippen molar-refractivity contribution in [3.05, 3.63) is 41.5 Å². The summed E-state index contributed by atoms with van der Waals surface area (Å²) in [5.74, 6) is 2.19. The van der Waals surface area contributed by atoms with Crippen LogP contribution in [0.3, 0.4) is 0 Å². The Balaban J connectivity index is 2.05. The van der Waals surface area contributed by atoms with E-state index in [2.05, 4.69) is 30.1 Å². The van der Waals surface area contributed by atoms with Gasteiger partial charge in [-0.15, -0.1) is 0 Å². The van der Waals surface area contributed by atoms with E-state index in [1.807, 2.05) is 18.2 Å². The maximum Gasteiger partial charge on any atom is 0.240 e. The van der Waals surface area contributed by atoms with E-state index in [1.54, 1.807) is 0 Å². The van der Waals surface area contributed by atoms with Gasteiger partial charge in [-0.2, -0.15) is 4.98 Å². The first kappa shape index (κ1) is 12.6. The first-order valence-electron chi connectivity index (χ1n) is 5.94. The third-order valence-corrected chi connectivity index (χ3v) is 2.58. The molecule has 0 aliphatic heterocycles. The van der Waals surface area contributed by atoms with Crippen LogP contribution in [0.15, 0.2) is 28.8 Å². The number of hydrogen-bond acceptors (Lipinski definition) is 5. The van der Waals surface area contributed by atoms with Gasteiger partial charge in [0.15, 0.2) is 6.61 Å². The van der Waals surface area contributed by atoms with Crippen LogP contribution >= 0.6 is 0 Å². The second kappa shape index (κ2) is 5.64. The van der Waals surface area contributed by atoms with Crippen molar-refractivity contribution in [2.45, 2.75) is 32.9 Å². The lowest BCUT2D eigenvalue weighted by atomic mass is 10.0. The van der Waals surface area contributed by atoms with E-state index in [0.29, 0.717) is 17.6 Å². The Morgan fingerprint density at radius 2 is 2.11 bits per heavy atom. The first-order valence-corrected chi connectivity index (χ1v) is 5.94. The zero-order valence-electron chi connectivity index (χ0n) is 10.6. The highest BCUT2D eigenvalue weighted by Crippen LogP contribution is 2.26. The fraction of sp³-hybridized carbons (Fsp3) is 0.385. The first-order chi connectivity index (χ1) is 8.70. The second-order valence-corrected chi connectivity index (χ2v) is 4.29. The predicted octanol–water partition coefficient (Wildman–Crippen LogP) is 2.23. The van der Waals surface area contributed by atoms with Gasteiger partial charge in [-0.3, -0.25) is 0 Å². The molecular weight excluding hydrogens is 230 g/mol. The summed E-state index contributed by atoms with van der Waals surface area (Å²) in [5.41, 5.74) is 6.56. The molecule has 0 unspecified atom stereocenters. The molecule has 2 N–H and O–H groups in total. The molecule has 0 aliphatic carbocycles. The minimum atomic E-state index is 0.246. The Kier molecular flexibility index (Phi) is 3.94. The fourth-order valence-electron chi connectivity index (χ4n) is 1.66. The average molecular weight is 247 g/mol. The van der Waals surface area contributed by atoms with Crippen LogP contribution in [0.25, 0.3) is 0 Å². The van der Waals surface area contributed by atoms with E-state index >= 15 is 0 Å². The number of nitrogens with zero attached hydrogens (tertiary/aromatic N) is 2. The van der Waals surface area contributed by atoms with Crippen molar-refractivity contribution in [1.82, 2.24) is 10.1 Å². The van der Waals surface area contributed by atoms with E-state index in [0.717, 1.165) is 5.75 Å². The molecule has 0 spiro atoms. The summed E-state index contributed by atoms with van der Waals surface area (Å²) in [6, 6.07) is 7.95. The van der Waals surface area contributed by atoms with Gasteiger partial charge in [0.05, 0.1) is 6.54 Å². The lowest BCUT2D eigenvalue weighted by molar-refractivity contribution is 0.281. The standard InChI is InChI=1S/C13H17N3O2/c1-9(2)10-5-3-4-6-11(10)17-8-12-15-13(7-14)18-16-12/h3-6,9H,7-8,14H2,1-2H3. The Hall–Kier alpha value is -1.88. The van der Waals surface area contributed by atoms with Gasteiger partial charge in [0.1, 0.15) is 5.75 Å². The zero-order valence-corrected chi connectivity index (χ0v) is 10.6. The predicted molar refractivity (Wildman–Crippen MR) is 67.1 cm³/mol. The van der Waals surface area contributed by atoms with E-state index in [-0.39, 0.29) is 13.2 Å². The van der Waals surface area contributed by atoms with Crippen molar-refractivity contribution < 1.29 is 9.26 Å². The van der Waals surface area contributed by atoms with Crippen molar-refractivity contribution in [1.29, 1.82) is 0 Å². The van der Waals surface area contributed by atoms with E-state index in [1.165, 1.54) is 5.56 Å². The number of hydrogen-bond donors (Lipinski definition) is 1. The molecule has 96 valence electrons. The van der Waals surface area contributed by atoms with E-state index in [9.17, 15) is 0 Å². The highest BCUT2D eigenvalue weighted by atomic mass is 16.5. The van der Waals surface area contributed by atoms with E-state index < -0.39 is 0 Å². The van der Waals surface area contributed by atoms with Gasteiger partial charge in [-0.05, 0) is 17.5 Å². The Labute approximate surface area is 106 Å². The number of rotatable bonds is 5. The summed E-state index contributed by atoms with van der Waals surface area (Å²) in [6.07, 6.45) is 0. The third-order valence-electron chi connectivity index (χ3n) is 2.58. The SMILES string of the molecule is CC(C)c1ccccc1OCc1noc(CN)n1. The molecule has 2 aromatic rings. The summed E-state index contributed by atoms with van der Waals surface area (Å²) >= 11 is 0. The van der Waals surface area contributed by atoms with Gasteiger partial charge >= 0.3 is 0 Å². The maximum atomic E-state index is 5.72. The van der Waals surface area contributed by atoms with Crippen LogP contribution in [0.5, 0.6) is 5.75 Å². The van der Waals surface area contributed by atoms with Crippen molar-refractivity contribution in [2.75, 3.05) is 0 Å². The van der Waals surface area contributed by atoms with Crippen LogP contribution in [0.2, 0.25) is 0 Å². The summed E-state index contributed by atoms with van der Waals surface area (Å²) in [4.78, 5) is 4.09. The molecule has 18 heavy (non-hydrogen) atoms. The van der Waals surface area contributed by atoms with Gasteiger partial charge in [-0.1, -0.05) is 37.2 Å². The molecule has 5 heteroatoms. The highest BCUT2D eigenvalue weighted by molar-refractivity contribution is 5.35. The average Bonchev–Trinajstić information content (AvgIpc) is 2.84. The summed E-state index contributed by atoms with van der Waals surface area (Å²) in [6.45, 7) is 4.79. The zero-order chi connectivity index (χ0) is 13.0. The van der Waals surface area contributed by atoms with Crippen LogP contribution in [0.1, 0.15) is 37.0 Å². The summed E-state index contributed by atoms with van der Waals surface area (Å²) < 4.78 is 10.6. The van der Waals surface area contributed by atoms with Crippen molar-refractivity contribution in [2.24, 2.45) is 5.73 Å². The number of aromatic nitrogens is 2. The van der Waals surface area contributed by atoms with Crippen LogP contribution in [0, 0.1) is 0 Å². The van der Waals surface area contributed by atoms with Crippen LogP contribution in [-0.4, -0.2) is 10.1 Å². The molecule has 0 bridgehead atoms. The number of nitrogens with two attached hydrogens (primary N) is 1. The number of benzene rings is 1. The molecule has 0 aliphatic rings. The highest BCUT2D eigenvalue weighted by Gasteiger charge is 2.09. The molecule has 0 fully saturated rings. The van der Waals surface area contributed by atoms with Crippen molar-refractivity contribution >= 4 is 0 Å². The minimum Gasteiger partial charge on any atom is -0.485 e. The van der Waals surface area contributed by atoms with Crippen LogP contribution in [0.4, 0.5) is 0 Å². The minimum absolute atomic E-state index is 0.246. The lowest BCUT2D eigenvalue weighted by Crippen LogP contribution is -2.02. The smallest absolute Gasteiger partial charge is 0.240 e. The van der Waals surface area contributed by atoms with Gasteiger partial charge in [-0.25, -0.2) is 0 Å². The Morgan fingerprint density at radius 3 is 2.78 bits per heavy atom. The van der Waals surface area contributed by atoms with Crippen LogP contribution < -0.4 is 10.5 Å². The monoisotopic (exact) mass is 247 g/mol. The van der Waals surface area contributed by atoms with Gasteiger partial charge in [0.2, 0.25) is 11.7 Å². The van der Waals surface area contributed by atoms with Crippen molar-refractivity contribution in [3.63, 3.8) is 0 Å². The molecule has 1 aromatic carbocycles. The maximum absolute atomic E-state index is 5.72. The fourth-order valence-corrected chi connectivity index (χ4v) is 1.66. The normalized spacial score (nSPS) is 10.9.